The van der Waals surface area contributed by atoms with Gasteiger partial charge in [-0.1, -0.05) is 17.7 Å². The highest BCUT2D eigenvalue weighted by Gasteiger charge is 2.41. The summed E-state index contributed by atoms with van der Waals surface area (Å²) in [5, 5.41) is 18.6. The number of benzene rings is 1. The predicted octanol–water partition coefficient (Wildman–Crippen LogP) is 0.501. The minimum absolute atomic E-state index is 0.205. The Kier molecular flexibility index (Phi) is 4.25. The van der Waals surface area contributed by atoms with Gasteiger partial charge in [0.2, 0.25) is 10.0 Å². The van der Waals surface area contributed by atoms with Crippen molar-refractivity contribution < 1.29 is 18.6 Å². The van der Waals surface area contributed by atoms with Gasteiger partial charge in [0.25, 0.3) is 0 Å². The van der Waals surface area contributed by atoms with Crippen LogP contribution >= 0.6 is 0 Å². The molecule has 106 valence electrons. The number of aryl methyl sites for hydroxylation is 1. The molecule has 6 heteroatoms. The van der Waals surface area contributed by atoms with Crippen molar-refractivity contribution in [2.75, 3.05) is 13.2 Å². The fraction of sp³-hybridized carbons (Fsp3) is 0.538. The molecule has 2 unspecified atom stereocenters. The summed E-state index contributed by atoms with van der Waals surface area (Å²) in [5.74, 6) is 0. The lowest BCUT2D eigenvalue weighted by Crippen LogP contribution is -2.44. The van der Waals surface area contributed by atoms with Crippen LogP contribution in [0.4, 0.5) is 0 Å². The zero-order valence-electron chi connectivity index (χ0n) is 10.9. The van der Waals surface area contributed by atoms with Gasteiger partial charge in [0.15, 0.2) is 0 Å². The van der Waals surface area contributed by atoms with Crippen molar-refractivity contribution in [1.29, 1.82) is 0 Å². The van der Waals surface area contributed by atoms with Crippen molar-refractivity contribution in [2.24, 2.45) is 0 Å². The average molecular weight is 285 g/mol. The van der Waals surface area contributed by atoms with Crippen molar-refractivity contribution in [3.63, 3.8) is 0 Å². The molecular weight excluding hydrogens is 266 g/mol. The predicted molar refractivity (Wildman–Crippen MR) is 71.2 cm³/mol. The van der Waals surface area contributed by atoms with Gasteiger partial charge in [0, 0.05) is 12.1 Å². The number of aliphatic hydroxyl groups is 2. The van der Waals surface area contributed by atoms with Crippen LogP contribution in [0, 0.1) is 6.92 Å². The Balaban J connectivity index is 2.39. The highest BCUT2D eigenvalue weighted by Crippen LogP contribution is 2.30. The Labute approximate surface area is 113 Å². The molecule has 2 N–H and O–H groups in total. The largest absolute Gasteiger partial charge is 0.395 e. The Morgan fingerprint density at radius 2 is 1.58 bits per heavy atom. The third-order valence-electron chi connectivity index (χ3n) is 3.57. The molecule has 1 heterocycles. The van der Waals surface area contributed by atoms with E-state index >= 15 is 0 Å². The first-order valence-corrected chi connectivity index (χ1v) is 7.76. The summed E-state index contributed by atoms with van der Waals surface area (Å²) in [4.78, 5) is 0.205. The van der Waals surface area contributed by atoms with Crippen molar-refractivity contribution in [3.8, 4) is 0 Å². The quantitative estimate of drug-likeness (QED) is 0.844. The molecule has 1 aromatic rings. The van der Waals surface area contributed by atoms with E-state index in [1.165, 1.54) is 4.31 Å². The summed E-state index contributed by atoms with van der Waals surface area (Å²) in [6.45, 7) is 1.45. The van der Waals surface area contributed by atoms with Crippen molar-refractivity contribution in [1.82, 2.24) is 4.31 Å². The number of nitrogens with zero attached hydrogens (tertiary/aromatic N) is 1. The molecule has 0 aliphatic carbocycles. The van der Waals surface area contributed by atoms with Crippen LogP contribution in [0.2, 0.25) is 0 Å². The number of hydrogen-bond acceptors (Lipinski definition) is 4. The number of hydrogen-bond donors (Lipinski definition) is 2. The van der Waals surface area contributed by atoms with E-state index < -0.39 is 22.1 Å². The molecular formula is C13H19NO4S. The topological polar surface area (TPSA) is 77.8 Å². The van der Waals surface area contributed by atoms with Crippen LogP contribution in [0.5, 0.6) is 0 Å². The molecule has 0 saturated carbocycles. The second-order valence-corrected chi connectivity index (χ2v) is 6.74. The summed E-state index contributed by atoms with van der Waals surface area (Å²) >= 11 is 0. The lowest BCUT2D eigenvalue weighted by Gasteiger charge is -2.27. The lowest BCUT2D eigenvalue weighted by atomic mass is 10.2. The van der Waals surface area contributed by atoms with Crippen LogP contribution < -0.4 is 0 Å². The van der Waals surface area contributed by atoms with E-state index in [9.17, 15) is 18.6 Å². The Bertz CT molecular complexity index is 514. The van der Waals surface area contributed by atoms with Crippen molar-refractivity contribution >= 4 is 10.0 Å². The minimum atomic E-state index is -3.66. The first-order valence-electron chi connectivity index (χ1n) is 6.32. The molecule has 0 spiro atoms. The SMILES string of the molecule is Cc1ccc(S(=O)(=O)N2C(CO)CCC2CO)cc1. The van der Waals surface area contributed by atoms with Gasteiger partial charge < -0.3 is 10.2 Å². The maximum Gasteiger partial charge on any atom is 0.243 e. The van der Waals surface area contributed by atoms with Gasteiger partial charge in [-0.3, -0.25) is 0 Å². The molecule has 19 heavy (non-hydrogen) atoms. The Morgan fingerprint density at radius 3 is 2.00 bits per heavy atom. The van der Waals surface area contributed by atoms with Gasteiger partial charge in [-0.05, 0) is 31.9 Å². The first kappa shape index (κ1) is 14.5. The third kappa shape index (κ3) is 2.67. The fourth-order valence-electron chi connectivity index (χ4n) is 2.51. The van der Waals surface area contributed by atoms with E-state index in [1.54, 1.807) is 24.3 Å². The van der Waals surface area contributed by atoms with Crippen LogP contribution in [0.1, 0.15) is 18.4 Å². The summed E-state index contributed by atoms with van der Waals surface area (Å²) < 4.78 is 26.4. The maximum atomic E-state index is 12.6. The van der Waals surface area contributed by atoms with Crippen LogP contribution in [0.15, 0.2) is 29.2 Å². The van der Waals surface area contributed by atoms with Crippen LogP contribution in [-0.4, -0.2) is 48.2 Å². The summed E-state index contributed by atoms with van der Waals surface area (Å²) in [6.07, 6.45) is 1.15. The zero-order valence-corrected chi connectivity index (χ0v) is 11.7. The van der Waals surface area contributed by atoms with Crippen LogP contribution in [0.25, 0.3) is 0 Å². The van der Waals surface area contributed by atoms with E-state index in [4.69, 9.17) is 0 Å². The van der Waals surface area contributed by atoms with E-state index in [1.807, 2.05) is 6.92 Å². The number of rotatable bonds is 4. The minimum Gasteiger partial charge on any atom is -0.395 e. The molecule has 0 amide bonds. The second kappa shape index (κ2) is 5.58. The smallest absolute Gasteiger partial charge is 0.243 e. The normalized spacial score (nSPS) is 24.8. The lowest BCUT2D eigenvalue weighted by molar-refractivity contribution is 0.161. The van der Waals surface area contributed by atoms with Crippen molar-refractivity contribution in [2.45, 2.75) is 36.7 Å². The molecule has 2 atom stereocenters. The molecule has 1 aliphatic rings. The standard InChI is InChI=1S/C13H19NO4S/c1-10-2-6-13(7-3-10)19(17,18)14-11(8-15)4-5-12(14)9-16/h2-3,6-7,11-12,15-16H,4-5,8-9H2,1H3. The van der Waals surface area contributed by atoms with Gasteiger partial charge in [0.05, 0.1) is 18.1 Å². The Hall–Kier alpha value is -0.950. The molecule has 1 fully saturated rings. The highest BCUT2D eigenvalue weighted by atomic mass is 32.2. The molecule has 0 radical (unpaired) electrons. The van der Waals surface area contributed by atoms with Crippen LogP contribution in [-0.2, 0) is 10.0 Å². The second-order valence-electron chi connectivity index (χ2n) is 4.90. The molecule has 1 saturated heterocycles. The van der Waals surface area contributed by atoms with E-state index in [0.29, 0.717) is 12.8 Å². The Morgan fingerprint density at radius 1 is 1.11 bits per heavy atom. The van der Waals surface area contributed by atoms with Gasteiger partial charge in [0.1, 0.15) is 0 Å². The van der Waals surface area contributed by atoms with Crippen molar-refractivity contribution in [3.05, 3.63) is 29.8 Å². The molecule has 0 aromatic heterocycles. The molecule has 1 aliphatic heterocycles. The number of sulfonamides is 1. The van der Waals surface area contributed by atoms with E-state index in [2.05, 4.69) is 0 Å². The third-order valence-corrected chi connectivity index (χ3v) is 5.59. The van der Waals surface area contributed by atoms with Gasteiger partial charge in [-0.2, -0.15) is 4.31 Å². The van der Waals surface area contributed by atoms with E-state index in [0.717, 1.165) is 5.56 Å². The zero-order chi connectivity index (χ0) is 14.0. The van der Waals surface area contributed by atoms with Gasteiger partial charge in [-0.15, -0.1) is 0 Å². The summed E-state index contributed by atoms with van der Waals surface area (Å²) in [6, 6.07) is 5.72. The first-order chi connectivity index (χ1) is 9.00. The average Bonchev–Trinajstić information content (AvgIpc) is 2.82. The molecule has 1 aromatic carbocycles. The van der Waals surface area contributed by atoms with Crippen LogP contribution in [0.3, 0.4) is 0 Å². The number of aliphatic hydroxyl groups excluding tert-OH is 2. The summed E-state index contributed by atoms with van der Waals surface area (Å²) in [5.41, 5.74) is 0.984. The van der Waals surface area contributed by atoms with Gasteiger partial charge >= 0.3 is 0 Å². The monoisotopic (exact) mass is 285 g/mol. The maximum absolute atomic E-state index is 12.6. The summed E-state index contributed by atoms with van der Waals surface area (Å²) in [7, 11) is -3.66. The molecule has 2 rings (SSSR count). The van der Waals surface area contributed by atoms with Gasteiger partial charge in [-0.25, -0.2) is 8.42 Å². The highest BCUT2D eigenvalue weighted by molar-refractivity contribution is 7.89. The van der Waals surface area contributed by atoms with E-state index in [-0.39, 0.29) is 18.1 Å². The molecule has 5 nitrogen and oxygen atoms in total. The molecule has 0 bridgehead atoms. The fourth-order valence-corrected chi connectivity index (χ4v) is 4.36.